The van der Waals surface area contributed by atoms with Crippen molar-refractivity contribution in [2.45, 2.75) is 29.2 Å². The van der Waals surface area contributed by atoms with Crippen molar-refractivity contribution in [3.05, 3.63) is 66.5 Å². The second kappa shape index (κ2) is 6.53. The Labute approximate surface area is 146 Å². The predicted molar refractivity (Wildman–Crippen MR) is 100 cm³/mol. The molecule has 124 valence electrons. The standard InChI is InChI=1S/C19H21N3OS/c1-19(2,18-7-4-10-22-18)23-13-5-3-6-14(11-13)24-15-8-9-16(20)17(21)12-15/h3-12,22H,20-21H2,1-2H3. The molecule has 5 N–H and O–H groups in total. The highest BCUT2D eigenvalue weighted by atomic mass is 32.2. The van der Waals surface area contributed by atoms with E-state index < -0.39 is 5.60 Å². The van der Waals surface area contributed by atoms with Gasteiger partial charge in [0.15, 0.2) is 0 Å². The predicted octanol–water partition coefficient (Wildman–Crippen LogP) is 4.64. The Morgan fingerprint density at radius 1 is 0.917 bits per heavy atom. The summed E-state index contributed by atoms with van der Waals surface area (Å²) >= 11 is 1.62. The van der Waals surface area contributed by atoms with Gasteiger partial charge in [-0.2, -0.15) is 0 Å². The Morgan fingerprint density at radius 2 is 1.71 bits per heavy atom. The molecule has 0 aliphatic carbocycles. The highest BCUT2D eigenvalue weighted by Crippen LogP contribution is 2.34. The van der Waals surface area contributed by atoms with Gasteiger partial charge in [0.1, 0.15) is 11.4 Å². The first-order chi connectivity index (χ1) is 11.4. The molecular weight excluding hydrogens is 318 g/mol. The summed E-state index contributed by atoms with van der Waals surface area (Å²) in [6.45, 7) is 4.08. The van der Waals surface area contributed by atoms with Crippen molar-refractivity contribution in [3.8, 4) is 5.75 Å². The molecule has 3 aromatic rings. The van der Waals surface area contributed by atoms with Gasteiger partial charge < -0.3 is 21.2 Å². The Bertz CT molecular complexity index is 828. The minimum Gasteiger partial charge on any atom is -0.482 e. The number of anilines is 2. The van der Waals surface area contributed by atoms with Gasteiger partial charge in [-0.3, -0.25) is 0 Å². The third kappa shape index (κ3) is 3.68. The molecule has 0 radical (unpaired) electrons. The number of nitrogens with two attached hydrogens (primary N) is 2. The lowest BCUT2D eigenvalue weighted by atomic mass is 10.1. The quantitative estimate of drug-likeness (QED) is 0.592. The average Bonchev–Trinajstić information content (AvgIpc) is 3.06. The van der Waals surface area contributed by atoms with Crippen LogP contribution in [0, 0.1) is 0 Å². The fraction of sp³-hybridized carbons (Fsp3) is 0.158. The summed E-state index contributed by atoms with van der Waals surface area (Å²) < 4.78 is 6.18. The highest BCUT2D eigenvalue weighted by molar-refractivity contribution is 7.99. The SMILES string of the molecule is CC(C)(Oc1cccc(Sc2ccc(N)c(N)c2)c1)c1ccc[nH]1. The number of hydrogen-bond acceptors (Lipinski definition) is 4. The van der Waals surface area contributed by atoms with E-state index in [1.807, 2.05) is 74.6 Å². The van der Waals surface area contributed by atoms with Crippen LogP contribution in [-0.4, -0.2) is 4.98 Å². The largest absolute Gasteiger partial charge is 0.482 e. The molecule has 0 amide bonds. The molecule has 0 fully saturated rings. The third-order valence-electron chi connectivity index (χ3n) is 3.72. The molecule has 0 atom stereocenters. The van der Waals surface area contributed by atoms with E-state index in [0.29, 0.717) is 11.4 Å². The van der Waals surface area contributed by atoms with Crippen LogP contribution in [0.2, 0.25) is 0 Å². The van der Waals surface area contributed by atoms with E-state index >= 15 is 0 Å². The molecule has 0 bridgehead atoms. The van der Waals surface area contributed by atoms with Crippen LogP contribution in [0.4, 0.5) is 11.4 Å². The smallest absolute Gasteiger partial charge is 0.143 e. The number of aromatic nitrogens is 1. The summed E-state index contributed by atoms with van der Waals surface area (Å²) in [6, 6.07) is 17.7. The minimum atomic E-state index is -0.432. The zero-order valence-corrected chi connectivity index (χ0v) is 14.6. The first kappa shape index (κ1) is 16.3. The molecule has 3 rings (SSSR count). The molecule has 0 saturated heterocycles. The van der Waals surface area contributed by atoms with Crippen LogP contribution in [0.5, 0.6) is 5.75 Å². The molecule has 0 aliphatic heterocycles. The van der Waals surface area contributed by atoms with Crippen molar-refractivity contribution in [2.75, 3.05) is 11.5 Å². The first-order valence-corrected chi connectivity index (χ1v) is 8.51. The molecule has 24 heavy (non-hydrogen) atoms. The van der Waals surface area contributed by atoms with Gasteiger partial charge in [0.25, 0.3) is 0 Å². The second-order valence-electron chi connectivity index (χ2n) is 6.06. The van der Waals surface area contributed by atoms with E-state index in [0.717, 1.165) is 21.2 Å². The van der Waals surface area contributed by atoms with Crippen LogP contribution >= 0.6 is 11.8 Å². The number of hydrogen-bond donors (Lipinski definition) is 3. The minimum absolute atomic E-state index is 0.432. The van der Waals surface area contributed by atoms with E-state index in [9.17, 15) is 0 Å². The maximum atomic E-state index is 6.18. The maximum Gasteiger partial charge on any atom is 0.143 e. The zero-order valence-electron chi connectivity index (χ0n) is 13.7. The van der Waals surface area contributed by atoms with Gasteiger partial charge in [-0.15, -0.1) is 0 Å². The number of nitrogens with one attached hydrogen (secondary N) is 1. The topological polar surface area (TPSA) is 77.1 Å². The number of H-pyrrole nitrogens is 1. The summed E-state index contributed by atoms with van der Waals surface area (Å²) in [6.07, 6.45) is 1.90. The summed E-state index contributed by atoms with van der Waals surface area (Å²) in [5.74, 6) is 0.822. The molecule has 1 heterocycles. The summed E-state index contributed by atoms with van der Waals surface area (Å²) in [7, 11) is 0. The van der Waals surface area contributed by atoms with Crippen LogP contribution in [0.15, 0.2) is 70.6 Å². The van der Waals surface area contributed by atoms with E-state index in [1.165, 1.54) is 0 Å². The number of nitrogen functional groups attached to an aromatic ring is 2. The van der Waals surface area contributed by atoms with Crippen molar-refractivity contribution in [2.24, 2.45) is 0 Å². The van der Waals surface area contributed by atoms with Crippen LogP contribution < -0.4 is 16.2 Å². The fourth-order valence-electron chi connectivity index (χ4n) is 2.41. The molecule has 2 aromatic carbocycles. The van der Waals surface area contributed by atoms with Crippen LogP contribution in [0.3, 0.4) is 0 Å². The monoisotopic (exact) mass is 339 g/mol. The van der Waals surface area contributed by atoms with Crippen molar-refractivity contribution >= 4 is 23.1 Å². The molecular formula is C19H21N3OS. The zero-order chi connectivity index (χ0) is 17.2. The molecule has 4 nitrogen and oxygen atoms in total. The Hall–Kier alpha value is -2.53. The van der Waals surface area contributed by atoms with E-state index in [2.05, 4.69) is 4.98 Å². The van der Waals surface area contributed by atoms with Gasteiger partial charge in [-0.25, -0.2) is 0 Å². The van der Waals surface area contributed by atoms with Gasteiger partial charge in [-0.05, 0) is 62.4 Å². The molecule has 0 saturated carbocycles. The number of ether oxygens (including phenoxy) is 1. The molecule has 1 aromatic heterocycles. The summed E-state index contributed by atoms with van der Waals surface area (Å²) in [4.78, 5) is 5.33. The average molecular weight is 339 g/mol. The van der Waals surface area contributed by atoms with Crippen molar-refractivity contribution < 1.29 is 4.74 Å². The van der Waals surface area contributed by atoms with E-state index in [4.69, 9.17) is 16.2 Å². The van der Waals surface area contributed by atoms with Crippen molar-refractivity contribution in [1.82, 2.24) is 4.98 Å². The van der Waals surface area contributed by atoms with Gasteiger partial charge in [0, 0.05) is 16.0 Å². The number of benzene rings is 2. The van der Waals surface area contributed by atoms with E-state index in [-0.39, 0.29) is 0 Å². The third-order valence-corrected chi connectivity index (χ3v) is 4.70. The molecule has 0 aliphatic rings. The number of aromatic amines is 1. The van der Waals surface area contributed by atoms with Crippen LogP contribution in [-0.2, 0) is 5.60 Å². The van der Waals surface area contributed by atoms with Crippen LogP contribution in [0.1, 0.15) is 19.5 Å². The van der Waals surface area contributed by atoms with E-state index in [1.54, 1.807) is 11.8 Å². The number of rotatable bonds is 5. The van der Waals surface area contributed by atoms with Crippen molar-refractivity contribution in [3.63, 3.8) is 0 Å². The van der Waals surface area contributed by atoms with Gasteiger partial charge in [-0.1, -0.05) is 17.8 Å². The van der Waals surface area contributed by atoms with Gasteiger partial charge >= 0.3 is 0 Å². The summed E-state index contributed by atoms with van der Waals surface area (Å²) in [5.41, 5.74) is 13.4. The van der Waals surface area contributed by atoms with Crippen molar-refractivity contribution in [1.29, 1.82) is 0 Å². The lowest BCUT2D eigenvalue weighted by molar-refractivity contribution is 0.104. The Kier molecular flexibility index (Phi) is 4.44. The van der Waals surface area contributed by atoms with Gasteiger partial charge in [0.2, 0.25) is 0 Å². The Morgan fingerprint density at radius 3 is 2.42 bits per heavy atom. The molecule has 0 unspecified atom stereocenters. The Balaban J connectivity index is 1.78. The second-order valence-corrected chi connectivity index (χ2v) is 7.21. The maximum absolute atomic E-state index is 6.18. The normalized spacial score (nSPS) is 11.4. The first-order valence-electron chi connectivity index (χ1n) is 7.70. The van der Waals surface area contributed by atoms with Crippen LogP contribution in [0.25, 0.3) is 0 Å². The molecule has 5 heteroatoms. The lowest BCUT2D eigenvalue weighted by Crippen LogP contribution is -2.25. The summed E-state index contributed by atoms with van der Waals surface area (Å²) in [5, 5.41) is 0. The lowest BCUT2D eigenvalue weighted by Gasteiger charge is -2.25. The van der Waals surface area contributed by atoms with Gasteiger partial charge in [0.05, 0.1) is 17.1 Å². The molecule has 0 spiro atoms. The highest BCUT2D eigenvalue weighted by Gasteiger charge is 2.23. The fourth-order valence-corrected chi connectivity index (χ4v) is 3.32.